The van der Waals surface area contributed by atoms with Gasteiger partial charge in [-0.3, -0.25) is 9.59 Å². The highest BCUT2D eigenvalue weighted by atomic mass is 16.5. The number of aliphatic hydroxyl groups excluding tert-OH is 1. The van der Waals surface area contributed by atoms with Crippen molar-refractivity contribution in [3.8, 4) is 11.5 Å². The van der Waals surface area contributed by atoms with Gasteiger partial charge in [0.25, 0.3) is 11.7 Å². The van der Waals surface area contributed by atoms with Gasteiger partial charge in [-0.2, -0.15) is 0 Å². The van der Waals surface area contributed by atoms with Crippen LogP contribution in [-0.2, 0) is 14.3 Å². The van der Waals surface area contributed by atoms with Crippen LogP contribution in [-0.4, -0.2) is 56.2 Å². The number of aliphatic hydroxyl groups is 1. The largest absolute Gasteiger partial charge is 0.507 e. The molecule has 3 aromatic carbocycles. The molecule has 1 N–H and O–H groups in total. The van der Waals surface area contributed by atoms with E-state index in [0.717, 1.165) is 10.8 Å². The van der Waals surface area contributed by atoms with E-state index >= 15 is 0 Å². The van der Waals surface area contributed by atoms with Crippen LogP contribution in [0.4, 0.5) is 0 Å². The Balaban J connectivity index is 1.99. The van der Waals surface area contributed by atoms with Gasteiger partial charge in [-0.1, -0.05) is 54.6 Å². The number of methoxy groups -OCH3 is 3. The molecule has 7 heteroatoms. The lowest BCUT2D eigenvalue weighted by Crippen LogP contribution is -2.32. The van der Waals surface area contributed by atoms with Crippen LogP contribution in [0.25, 0.3) is 16.5 Å². The summed E-state index contributed by atoms with van der Waals surface area (Å²) in [7, 11) is 4.53. The Labute approximate surface area is 191 Å². The molecule has 1 saturated heterocycles. The second kappa shape index (κ2) is 9.34. The summed E-state index contributed by atoms with van der Waals surface area (Å²) in [6, 6.07) is 17.4. The molecule has 33 heavy (non-hydrogen) atoms. The molecule has 0 aliphatic carbocycles. The SMILES string of the molecule is COCCN1C(=O)C(=O)/C(=C(/O)c2cccc3ccccc23)C1c1cccc(OC)c1OC. The zero-order valence-corrected chi connectivity index (χ0v) is 18.7. The third kappa shape index (κ3) is 3.81. The number of likely N-dealkylation sites (tertiary alicyclic amines) is 1. The van der Waals surface area contributed by atoms with Crippen molar-refractivity contribution in [1.29, 1.82) is 0 Å². The van der Waals surface area contributed by atoms with E-state index in [9.17, 15) is 14.7 Å². The van der Waals surface area contributed by atoms with Crippen molar-refractivity contribution in [3.05, 3.63) is 77.4 Å². The predicted molar refractivity (Wildman–Crippen MR) is 124 cm³/mol. The van der Waals surface area contributed by atoms with E-state index in [4.69, 9.17) is 14.2 Å². The summed E-state index contributed by atoms with van der Waals surface area (Å²) in [5.74, 6) is -0.856. The Morgan fingerprint density at radius 1 is 0.939 bits per heavy atom. The van der Waals surface area contributed by atoms with Crippen LogP contribution in [0.2, 0.25) is 0 Å². The summed E-state index contributed by atoms with van der Waals surface area (Å²) in [5.41, 5.74) is 1.01. The maximum atomic E-state index is 13.2. The third-order valence-electron chi connectivity index (χ3n) is 5.85. The van der Waals surface area contributed by atoms with Crippen molar-refractivity contribution in [3.63, 3.8) is 0 Å². The van der Waals surface area contributed by atoms with Crippen LogP contribution in [0.3, 0.4) is 0 Å². The molecule has 0 bridgehead atoms. The van der Waals surface area contributed by atoms with E-state index in [1.165, 1.54) is 26.2 Å². The van der Waals surface area contributed by atoms with Crippen molar-refractivity contribution in [1.82, 2.24) is 4.90 Å². The Morgan fingerprint density at radius 2 is 1.67 bits per heavy atom. The number of carbonyl (C=O) groups excluding carboxylic acids is 2. The summed E-state index contributed by atoms with van der Waals surface area (Å²) in [5, 5.41) is 13.1. The van der Waals surface area contributed by atoms with Gasteiger partial charge in [-0.25, -0.2) is 0 Å². The van der Waals surface area contributed by atoms with Crippen LogP contribution in [0.1, 0.15) is 17.2 Å². The van der Waals surface area contributed by atoms with Crippen LogP contribution in [0.5, 0.6) is 11.5 Å². The highest BCUT2D eigenvalue weighted by Gasteiger charge is 2.47. The molecular weight excluding hydrogens is 422 g/mol. The van der Waals surface area contributed by atoms with E-state index in [-0.39, 0.29) is 24.5 Å². The zero-order valence-electron chi connectivity index (χ0n) is 18.7. The number of rotatable bonds is 7. The van der Waals surface area contributed by atoms with Gasteiger partial charge in [-0.05, 0) is 16.8 Å². The van der Waals surface area contributed by atoms with Gasteiger partial charge in [0.05, 0.1) is 32.4 Å². The van der Waals surface area contributed by atoms with Gasteiger partial charge in [0, 0.05) is 24.8 Å². The first-order valence-electron chi connectivity index (χ1n) is 10.5. The summed E-state index contributed by atoms with van der Waals surface area (Å²) in [4.78, 5) is 27.7. The van der Waals surface area contributed by atoms with E-state index in [1.807, 2.05) is 30.3 Å². The van der Waals surface area contributed by atoms with Crippen molar-refractivity contribution in [2.75, 3.05) is 34.5 Å². The van der Waals surface area contributed by atoms with Crippen LogP contribution in [0.15, 0.2) is 66.2 Å². The second-order valence-electron chi connectivity index (χ2n) is 7.59. The standard InChI is InChI=1S/C26H25NO6/c1-31-15-14-27-22(19-12-7-13-20(32-2)25(19)33-3)21(24(29)26(27)30)23(28)18-11-6-9-16-8-4-5-10-17(16)18/h4-13,22,28H,14-15H2,1-3H3/b23-21+. The van der Waals surface area contributed by atoms with Gasteiger partial charge >= 0.3 is 0 Å². The van der Waals surface area contributed by atoms with Crippen molar-refractivity contribution in [2.24, 2.45) is 0 Å². The fourth-order valence-corrected chi connectivity index (χ4v) is 4.33. The lowest BCUT2D eigenvalue weighted by Gasteiger charge is -2.27. The first-order valence-corrected chi connectivity index (χ1v) is 10.5. The second-order valence-corrected chi connectivity index (χ2v) is 7.59. The minimum Gasteiger partial charge on any atom is -0.507 e. The number of amides is 1. The number of ether oxygens (including phenoxy) is 3. The van der Waals surface area contributed by atoms with Crippen molar-refractivity contribution >= 4 is 28.2 Å². The number of carbonyl (C=O) groups is 2. The quantitative estimate of drug-likeness (QED) is 0.336. The summed E-state index contributed by atoms with van der Waals surface area (Å²) in [6.45, 7) is 0.391. The summed E-state index contributed by atoms with van der Waals surface area (Å²) >= 11 is 0. The van der Waals surface area contributed by atoms with Crippen LogP contribution in [0, 0.1) is 0 Å². The van der Waals surface area contributed by atoms with Gasteiger partial charge in [0.15, 0.2) is 11.5 Å². The van der Waals surface area contributed by atoms with Gasteiger partial charge in [-0.15, -0.1) is 0 Å². The molecule has 1 heterocycles. The van der Waals surface area contributed by atoms with Gasteiger partial charge in [0.1, 0.15) is 5.76 Å². The van der Waals surface area contributed by atoms with Crippen LogP contribution >= 0.6 is 0 Å². The van der Waals surface area contributed by atoms with E-state index < -0.39 is 17.7 Å². The minimum atomic E-state index is -0.871. The molecule has 3 aromatic rings. The van der Waals surface area contributed by atoms with E-state index in [2.05, 4.69) is 0 Å². The molecule has 1 unspecified atom stereocenters. The first-order chi connectivity index (χ1) is 16.0. The molecule has 1 atom stereocenters. The molecule has 1 amide bonds. The Kier molecular flexibility index (Phi) is 6.33. The topological polar surface area (TPSA) is 85.3 Å². The number of nitrogens with zero attached hydrogens (tertiary/aromatic N) is 1. The van der Waals surface area contributed by atoms with Crippen molar-refractivity contribution < 1.29 is 28.9 Å². The highest BCUT2D eigenvalue weighted by molar-refractivity contribution is 6.46. The van der Waals surface area contributed by atoms with E-state index in [0.29, 0.717) is 22.6 Å². The molecule has 1 fully saturated rings. The third-order valence-corrected chi connectivity index (χ3v) is 5.85. The van der Waals surface area contributed by atoms with Gasteiger partial charge < -0.3 is 24.2 Å². The minimum absolute atomic E-state index is 0.000917. The first kappa shape index (κ1) is 22.4. The normalized spacial score (nSPS) is 17.5. The Bertz CT molecular complexity index is 1240. The fraction of sp³-hybridized carbons (Fsp3) is 0.231. The number of Topliss-reactive ketones (excluding diaryl/α,β-unsaturated/α-hetero) is 1. The molecule has 7 nitrogen and oxygen atoms in total. The average Bonchev–Trinajstić information content (AvgIpc) is 3.10. The molecule has 0 radical (unpaired) electrons. The molecule has 4 rings (SSSR count). The lowest BCUT2D eigenvalue weighted by molar-refractivity contribution is -0.140. The predicted octanol–water partition coefficient (Wildman–Crippen LogP) is 3.93. The number of hydrogen-bond acceptors (Lipinski definition) is 6. The number of benzene rings is 3. The number of ketones is 1. The van der Waals surface area contributed by atoms with Crippen LogP contribution < -0.4 is 9.47 Å². The molecule has 0 aromatic heterocycles. The molecule has 1 aliphatic rings. The monoisotopic (exact) mass is 447 g/mol. The summed E-state index contributed by atoms with van der Waals surface area (Å²) < 4.78 is 16.2. The number of hydrogen-bond donors (Lipinski definition) is 1. The molecular formula is C26H25NO6. The average molecular weight is 447 g/mol. The molecule has 1 aliphatic heterocycles. The smallest absolute Gasteiger partial charge is 0.295 e. The zero-order chi connectivity index (χ0) is 23.5. The molecule has 0 spiro atoms. The van der Waals surface area contributed by atoms with Gasteiger partial charge in [0.2, 0.25) is 0 Å². The molecule has 170 valence electrons. The Hall–Kier alpha value is -3.84. The van der Waals surface area contributed by atoms with E-state index in [1.54, 1.807) is 30.3 Å². The maximum Gasteiger partial charge on any atom is 0.295 e. The number of fused-ring (bicyclic) bond motifs is 1. The Morgan fingerprint density at radius 3 is 2.39 bits per heavy atom. The maximum absolute atomic E-state index is 13.2. The highest BCUT2D eigenvalue weighted by Crippen LogP contribution is 2.45. The summed E-state index contributed by atoms with van der Waals surface area (Å²) in [6.07, 6.45) is 0. The lowest BCUT2D eigenvalue weighted by atomic mass is 9.92. The molecule has 0 saturated carbocycles. The fourth-order valence-electron chi connectivity index (χ4n) is 4.33. The van der Waals surface area contributed by atoms with Crippen molar-refractivity contribution in [2.45, 2.75) is 6.04 Å². The number of para-hydroxylation sites is 1.